The average Bonchev–Trinajstić information content (AvgIpc) is 2.47. The topological polar surface area (TPSA) is 43.8 Å². The van der Waals surface area contributed by atoms with Crippen molar-refractivity contribution >= 4 is 10.9 Å². The summed E-state index contributed by atoms with van der Waals surface area (Å²) in [5, 5.41) is 1.19. The highest BCUT2D eigenvalue weighted by atomic mass is 15.0. The summed E-state index contributed by atoms with van der Waals surface area (Å²) in [6.45, 7) is 0.509. The van der Waals surface area contributed by atoms with Crippen molar-refractivity contribution in [1.82, 2.24) is 9.55 Å². The van der Waals surface area contributed by atoms with Gasteiger partial charge in [0.15, 0.2) is 0 Å². The maximum atomic E-state index is 5.50. The molecule has 11 heavy (non-hydrogen) atoms. The van der Waals surface area contributed by atoms with E-state index in [-0.39, 0.29) is 0 Å². The zero-order valence-corrected chi connectivity index (χ0v) is 6.07. The Hall–Kier alpha value is -1.35. The second-order valence-electron chi connectivity index (χ2n) is 2.40. The number of nitrogens with zero attached hydrogens (tertiary/aromatic N) is 2. The zero-order valence-electron chi connectivity index (χ0n) is 6.07. The fraction of sp³-hybridized carbons (Fsp3) is 0.125. The molecule has 0 aliphatic rings. The lowest BCUT2D eigenvalue weighted by Crippen LogP contribution is -2.04. The van der Waals surface area contributed by atoms with Gasteiger partial charge in [0.05, 0.1) is 18.4 Å². The molecular formula is C8H9N3. The third kappa shape index (κ3) is 0.897. The minimum absolute atomic E-state index is 0.509. The minimum Gasteiger partial charge on any atom is -0.333 e. The molecule has 2 aromatic heterocycles. The number of fused-ring (bicyclic) bond motifs is 1. The normalized spacial score (nSPS) is 10.6. The predicted octanol–water partition coefficient (Wildman–Crippen LogP) is 0.952. The summed E-state index contributed by atoms with van der Waals surface area (Å²) in [6, 6.07) is 4.01. The van der Waals surface area contributed by atoms with Crippen molar-refractivity contribution in [2.45, 2.75) is 6.67 Å². The van der Waals surface area contributed by atoms with Crippen LogP contribution in [-0.4, -0.2) is 9.55 Å². The van der Waals surface area contributed by atoms with Crippen LogP contribution >= 0.6 is 0 Å². The van der Waals surface area contributed by atoms with Crippen LogP contribution in [0.5, 0.6) is 0 Å². The Kier molecular flexibility index (Phi) is 1.36. The van der Waals surface area contributed by atoms with Gasteiger partial charge in [0.1, 0.15) is 0 Å². The van der Waals surface area contributed by atoms with Crippen LogP contribution < -0.4 is 5.73 Å². The molecule has 0 unspecified atom stereocenters. The minimum atomic E-state index is 0.509. The van der Waals surface area contributed by atoms with Gasteiger partial charge in [0, 0.05) is 17.8 Å². The highest BCUT2D eigenvalue weighted by Gasteiger charge is 1.96. The van der Waals surface area contributed by atoms with Crippen molar-refractivity contribution in [2.24, 2.45) is 5.73 Å². The number of aromatic nitrogens is 2. The largest absolute Gasteiger partial charge is 0.333 e. The van der Waals surface area contributed by atoms with Crippen LogP contribution in [0, 0.1) is 0 Å². The van der Waals surface area contributed by atoms with Crippen LogP contribution in [-0.2, 0) is 6.67 Å². The lowest BCUT2D eigenvalue weighted by atomic mass is 10.3. The smallest absolute Gasteiger partial charge is 0.0701 e. The fourth-order valence-corrected chi connectivity index (χ4v) is 1.19. The Morgan fingerprint density at radius 3 is 3.18 bits per heavy atom. The van der Waals surface area contributed by atoms with Gasteiger partial charge in [-0.2, -0.15) is 0 Å². The van der Waals surface area contributed by atoms with Crippen molar-refractivity contribution in [3.05, 3.63) is 30.7 Å². The van der Waals surface area contributed by atoms with E-state index in [1.807, 2.05) is 29.1 Å². The monoisotopic (exact) mass is 147 g/mol. The van der Waals surface area contributed by atoms with Crippen LogP contribution in [0.4, 0.5) is 0 Å². The average molecular weight is 147 g/mol. The summed E-state index contributed by atoms with van der Waals surface area (Å²) < 4.78 is 1.96. The van der Waals surface area contributed by atoms with Crippen LogP contribution in [0.15, 0.2) is 30.7 Å². The molecule has 0 aliphatic heterocycles. The van der Waals surface area contributed by atoms with E-state index in [1.54, 1.807) is 6.20 Å². The van der Waals surface area contributed by atoms with Crippen LogP contribution in [0.2, 0.25) is 0 Å². The molecule has 0 amide bonds. The SMILES string of the molecule is NCn1ccc2ccncc21. The van der Waals surface area contributed by atoms with Gasteiger partial charge in [0.25, 0.3) is 0 Å². The number of rotatable bonds is 1. The first kappa shape index (κ1) is 6.37. The predicted molar refractivity (Wildman–Crippen MR) is 43.9 cm³/mol. The summed E-state index contributed by atoms with van der Waals surface area (Å²) in [4.78, 5) is 4.02. The molecule has 2 rings (SSSR count). The van der Waals surface area contributed by atoms with Gasteiger partial charge in [-0.05, 0) is 12.1 Å². The van der Waals surface area contributed by atoms with Gasteiger partial charge in [-0.1, -0.05) is 0 Å². The first-order valence-electron chi connectivity index (χ1n) is 3.51. The first-order valence-corrected chi connectivity index (χ1v) is 3.51. The second kappa shape index (κ2) is 2.36. The fourth-order valence-electron chi connectivity index (χ4n) is 1.19. The van der Waals surface area contributed by atoms with E-state index in [2.05, 4.69) is 4.98 Å². The number of hydrogen-bond donors (Lipinski definition) is 1. The maximum absolute atomic E-state index is 5.50. The van der Waals surface area contributed by atoms with Crippen LogP contribution in [0.3, 0.4) is 0 Å². The highest BCUT2D eigenvalue weighted by molar-refractivity contribution is 5.78. The Balaban J connectivity index is 2.76. The molecule has 0 bridgehead atoms. The van der Waals surface area contributed by atoms with Gasteiger partial charge in [-0.25, -0.2) is 0 Å². The first-order chi connectivity index (χ1) is 5.42. The molecule has 0 fully saturated rings. The molecule has 0 atom stereocenters. The molecule has 0 saturated heterocycles. The van der Waals surface area contributed by atoms with Crippen molar-refractivity contribution in [2.75, 3.05) is 0 Å². The molecule has 3 nitrogen and oxygen atoms in total. The van der Waals surface area contributed by atoms with Gasteiger partial charge in [-0.15, -0.1) is 0 Å². The highest BCUT2D eigenvalue weighted by Crippen LogP contribution is 2.11. The number of hydrogen-bond acceptors (Lipinski definition) is 2. The third-order valence-electron chi connectivity index (χ3n) is 1.77. The number of pyridine rings is 1. The summed E-state index contributed by atoms with van der Waals surface area (Å²) in [5.74, 6) is 0. The number of nitrogens with two attached hydrogens (primary N) is 1. The molecule has 0 aromatic carbocycles. The van der Waals surface area contributed by atoms with Gasteiger partial charge >= 0.3 is 0 Å². The Labute approximate surface area is 64.5 Å². The lowest BCUT2D eigenvalue weighted by Gasteiger charge is -1.97. The van der Waals surface area contributed by atoms with Crippen LogP contribution in [0.1, 0.15) is 0 Å². The molecular weight excluding hydrogens is 138 g/mol. The maximum Gasteiger partial charge on any atom is 0.0701 e. The van der Waals surface area contributed by atoms with Crippen LogP contribution in [0.25, 0.3) is 10.9 Å². The summed E-state index contributed by atoms with van der Waals surface area (Å²) in [7, 11) is 0. The van der Waals surface area contributed by atoms with E-state index in [0.717, 1.165) is 5.52 Å². The quantitative estimate of drug-likeness (QED) is 0.652. The molecule has 0 saturated carbocycles. The second-order valence-corrected chi connectivity index (χ2v) is 2.40. The van der Waals surface area contributed by atoms with E-state index < -0.39 is 0 Å². The molecule has 0 radical (unpaired) electrons. The van der Waals surface area contributed by atoms with Gasteiger partial charge in [0.2, 0.25) is 0 Å². The van der Waals surface area contributed by atoms with Crippen molar-refractivity contribution in [3.8, 4) is 0 Å². The van der Waals surface area contributed by atoms with Crippen molar-refractivity contribution in [1.29, 1.82) is 0 Å². The van der Waals surface area contributed by atoms with Gasteiger partial charge in [-0.3, -0.25) is 4.98 Å². The summed E-state index contributed by atoms with van der Waals surface area (Å²) in [6.07, 6.45) is 5.57. The van der Waals surface area contributed by atoms with E-state index in [9.17, 15) is 0 Å². The van der Waals surface area contributed by atoms with Crippen molar-refractivity contribution < 1.29 is 0 Å². The molecule has 2 heterocycles. The van der Waals surface area contributed by atoms with E-state index >= 15 is 0 Å². The molecule has 56 valence electrons. The summed E-state index contributed by atoms with van der Waals surface area (Å²) in [5.41, 5.74) is 6.59. The van der Waals surface area contributed by atoms with E-state index in [0.29, 0.717) is 6.67 Å². The third-order valence-corrected chi connectivity index (χ3v) is 1.77. The standard InChI is InChI=1S/C8H9N3/c9-6-11-4-2-7-1-3-10-5-8(7)11/h1-5H,6,9H2. The molecule has 2 aromatic rings. The van der Waals surface area contributed by atoms with Gasteiger partial charge < -0.3 is 10.3 Å². The van der Waals surface area contributed by atoms with E-state index in [4.69, 9.17) is 5.73 Å². The Bertz CT molecular complexity index is 364. The zero-order chi connectivity index (χ0) is 7.68. The van der Waals surface area contributed by atoms with E-state index in [1.165, 1.54) is 5.39 Å². The Morgan fingerprint density at radius 2 is 2.36 bits per heavy atom. The molecule has 3 heteroatoms. The van der Waals surface area contributed by atoms with Crippen molar-refractivity contribution in [3.63, 3.8) is 0 Å². The summed E-state index contributed by atoms with van der Waals surface area (Å²) >= 11 is 0. The molecule has 0 spiro atoms. The lowest BCUT2D eigenvalue weighted by molar-refractivity contribution is 0.763. The molecule has 2 N–H and O–H groups in total. The Morgan fingerprint density at radius 1 is 1.45 bits per heavy atom. The molecule has 0 aliphatic carbocycles.